The predicted molar refractivity (Wildman–Crippen MR) is 102 cm³/mol. The number of hydrogen-bond donors (Lipinski definition) is 0. The molecule has 0 amide bonds. The number of unbranched alkanes of at least 4 members (excludes halogenated alkanes) is 3. The highest BCUT2D eigenvalue weighted by Gasteiger charge is 2.30. The molecule has 0 aliphatic heterocycles. The fraction of sp³-hybridized carbons (Fsp3) is 0.368. The second-order valence-corrected chi connectivity index (χ2v) is 6.45. The first-order valence-electron chi connectivity index (χ1n) is 8.53. The number of halogens is 4. The minimum atomic E-state index is -4.71. The van der Waals surface area contributed by atoms with Crippen molar-refractivity contribution in [1.82, 2.24) is 0 Å². The molecule has 2 aromatic rings. The van der Waals surface area contributed by atoms with Crippen LogP contribution in [0, 0.1) is 0 Å². The molecule has 2 rings (SSSR count). The molecular formula is C19H20BrF3N2O2. The molecule has 0 fully saturated rings. The smallest absolute Gasteiger partial charge is 0.491 e. The van der Waals surface area contributed by atoms with Crippen LogP contribution in [0.15, 0.2) is 58.8 Å². The van der Waals surface area contributed by atoms with E-state index >= 15 is 0 Å². The zero-order chi connectivity index (χ0) is 19.5. The van der Waals surface area contributed by atoms with Gasteiger partial charge in [0.15, 0.2) is 0 Å². The Morgan fingerprint density at radius 1 is 0.852 bits per heavy atom. The van der Waals surface area contributed by atoms with Crippen LogP contribution >= 0.6 is 15.9 Å². The lowest BCUT2D eigenvalue weighted by Crippen LogP contribution is -2.16. The summed E-state index contributed by atoms with van der Waals surface area (Å²) >= 11 is 3.41. The molecule has 0 saturated carbocycles. The molecule has 4 nitrogen and oxygen atoms in total. The lowest BCUT2D eigenvalue weighted by atomic mass is 10.2. The van der Waals surface area contributed by atoms with Crippen LogP contribution in [0.2, 0.25) is 0 Å². The topological polar surface area (TPSA) is 43.2 Å². The molecule has 0 heterocycles. The SMILES string of the molecule is FC(F)(F)Oc1ccc(N=Nc2ccccc2OCCCCCCBr)cc1. The van der Waals surface area contributed by atoms with Gasteiger partial charge in [-0.3, -0.25) is 0 Å². The Labute approximate surface area is 164 Å². The molecule has 0 unspecified atom stereocenters. The van der Waals surface area contributed by atoms with Crippen LogP contribution in [0.25, 0.3) is 0 Å². The highest BCUT2D eigenvalue weighted by Crippen LogP contribution is 2.30. The molecule has 2 aromatic carbocycles. The molecule has 0 aliphatic carbocycles. The van der Waals surface area contributed by atoms with Crippen molar-refractivity contribution in [2.24, 2.45) is 10.2 Å². The Hall–Kier alpha value is -2.09. The van der Waals surface area contributed by atoms with E-state index in [0.29, 0.717) is 23.7 Å². The van der Waals surface area contributed by atoms with Gasteiger partial charge >= 0.3 is 6.36 Å². The summed E-state index contributed by atoms with van der Waals surface area (Å²) in [7, 11) is 0. The number of para-hydroxylation sites is 1. The third-order valence-corrected chi connectivity index (χ3v) is 4.06. The van der Waals surface area contributed by atoms with E-state index in [1.807, 2.05) is 18.2 Å². The van der Waals surface area contributed by atoms with Gasteiger partial charge < -0.3 is 9.47 Å². The molecule has 0 atom stereocenters. The molecule has 146 valence electrons. The average molecular weight is 445 g/mol. The van der Waals surface area contributed by atoms with Crippen LogP contribution in [0.5, 0.6) is 11.5 Å². The number of azo groups is 1. The van der Waals surface area contributed by atoms with Crippen LogP contribution in [0.4, 0.5) is 24.5 Å². The van der Waals surface area contributed by atoms with Gasteiger partial charge in [0, 0.05) is 5.33 Å². The molecular weight excluding hydrogens is 425 g/mol. The minimum Gasteiger partial charge on any atom is -0.491 e. The van der Waals surface area contributed by atoms with Gasteiger partial charge in [-0.05, 0) is 49.2 Å². The summed E-state index contributed by atoms with van der Waals surface area (Å²) in [5.41, 5.74) is 0.975. The Kier molecular flexibility index (Phi) is 8.57. The number of hydrogen-bond acceptors (Lipinski definition) is 4. The van der Waals surface area contributed by atoms with Crippen molar-refractivity contribution >= 4 is 27.3 Å². The number of nitrogens with zero attached hydrogens (tertiary/aromatic N) is 2. The Bertz CT molecular complexity index is 722. The van der Waals surface area contributed by atoms with Gasteiger partial charge in [0.25, 0.3) is 0 Å². The highest BCUT2D eigenvalue weighted by atomic mass is 79.9. The number of rotatable bonds is 10. The van der Waals surface area contributed by atoms with Gasteiger partial charge in [-0.2, -0.15) is 5.11 Å². The number of ether oxygens (including phenoxy) is 2. The van der Waals surface area contributed by atoms with Crippen LogP contribution in [-0.4, -0.2) is 18.3 Å². The van der Waals surface area contributed by atoms with Crippen molar-refractivity contribution in [2.45, 2.75) is 32.0 Å². The Morgan fingerprint density at radius 3 is 2.26 bits per heavy atom. The van der Waals surface area contributed by atoms with Gasteiger partial charge in [-0.1, -0.05) is 40.9 Å². The summed E-state index contributed by atoms with van der Waals surface area (Å²) in [5, 5.41) is 9.20. The molecule has 0 N–H and O–H groups in total. The molecule has 0 saturated heterocycles. The van der Waals surface area contributed by atoms with Crippen molar-refractivity contribution in [1.29, 1.82) is 0 Å². The minimum absolute atomic E-state index is 0.301. The molecule has 27 heavy (non-hydrogen) atoms. The van der Waals surface area contributed by atoms with Crippen molar-refractivity contribution in [3.05, 3.63) is 48.5 Å². The van der Waals surface area contributed by atoms with E-state index in [0.717, 1.165) is 31.0 Å². The van der Waals surface area contributed by atoms with E-state index < -0.39 is 6.36 Å². The zero-order valence-corrected chi connectivity index (χ0v) is 16.2. The van der Waals surface area contributed by atoms with Crippen LogP contribution < -0.4 is 9.47 Å². The molecule has 8 heteroatoms. The standard InChI is InChI=1S/C19H20BrF3N2O2/c20-13-5-1-2-6-14-26-18-8-4-3-7-17(18)25-24-15-9-11-16(12-10-15)27-19(21,22)23/h3-4,7-12H,1-2,5-6,13-14H2. The normalized spacial score (nSPS) is 11.7. The molecule has 0 radical (unpaired) electrons. The van der Waals surface area contributed by atoms with Crippen molar-refractivity contribution in [3.8, 4) is 11.5 Å². The summed E-state index contributed by atoms with van der Waals surface area (Å²) in [5.74, 6) is 0.323. The summed E-state index contributed by atoms with van der Waals surface area (Å²) in [6.45, 7) is 0.596. The third-order valence-electron chi connectivity index (χ3n) is 3.49. The van der Waals surface area contributed by atoms with Gasteiger partial charge in [0.2, 0.25) is 0 Å². The van der Waals surface area contributed by atoms with Gasteiger partial charge in [0.05, 0.1) is 12.3 Å². The largest absolute Gasteiger partial charge is 0.573 e. The summed E-state index contributed by atoms with van der Waals surface area (Å²) in [6.07, 6.45) is -0.351. The zero-order valence-electron chi connectivity index (χ0n) is 14.6. The van der Waals surface area contributed by atoms with Crippen LogP contribution in [0.3, 0.4) is 0 Å². The van der Waals surface area contributed by atoms with Crippen molar-refractivity contribution in [2.75, 3.05) is 11.9 Å². The second kappa shape index (κ2) is 10.9. The van der Waals surface area contributed by atoms with Crippen LogP contribution in [-0.2, 0) is 0 Å². The van der Waals surface area contributed by atoms with E-state index in [2.05, 4.69) is 30.9 Å². The lowest BCUT2D eigenvalue weighted by Gasteiger charge is -2.08. The molecule has 0 aromatic heterocycles. The predicted octanol–water partition coefficient (Wildman–Crippen LogP) is 7.33. The van der Waals surface area contributed by atoms with E-state index in [-0.39, 0.29) is 5.75 Å². The van der Waals surface area contributed by atoms with E-state index in [1.165, 1.54) is 24.3 Å². The lowest BCUT2D eigenvalue weighted by molar-refractivity contribution is -0.274. The maximum absolute atomic E-state index is 12.2. The highest BCUT2D eigenvalue weighted by molar-refractivity contribution is 9.09. The third kappa shape index (κ3) is 8.43. The summed E-state index contributed by atoms with van der Waals surface area (Å²) in [4.78, 5) is 0. The molecule has 0 bridgehead atoms. The van der Waals surface area contributed by atoms with E-state index in [4.69, 9.17) is 4.74 Å². The van der Waals surface area contributed by atoms with Gasteiger partial charge in [-0.15, -0.1) is 18.3 Å². The first-order chi connectivity index (χ1) is 13.0. The summed E-state index contributed by atoms with van der Waals surface area (Å²) in [6, 6.07) is 12.4. The molecule has 0 spiro atoms. The van der Waals surface area contributed by atoms with E-state index in [1.54, 1.807) is 6.07 Å². The van der Waals surface area contributed by atoms with Crippen molar-refractivity contribution in [3.63, 3.8) is 0 Å². The fourth-order valence-corrected chi connectivity index (χ4v) is 2.62. The van der Waals surface area contributed by atoms with Crippen LogP contribution in [0.1, 0.15) is 25.7 Å². The first-order valence-corrected chi connectivity index (χ1v) is 9.65. The van der Waals surface area contributed by atoms with Gasteiger partial charge in [0.1, 0.15) is 17.2 Å². The Balaban J connectivity index is 1.92. The van der Waals surface area contributed by atoms with Crippen molar-refractivity contribution < 1.29 is 22.6 Å². The molecule has 0 aliphatic rings. The monoisotopic (exact) mass is 444 g/mol. The average Bonchev–Trinajstić information content (AvgIpc) is 2.63. The number of benzene rings is 2. The maximum atomic E-state index is 12.2. The second-order valence-electron chi connectivity index (χ2n) is 5.66. The van der Waals surface area contributed by atoms with Gasteiger partial charge in [-0.25, -0.2) is 0 Å². The summed E-state index contributed by atoms with van der Waals surface area (Å²) < 4.78 is 46.1. The van der Waals surface area contributed by atoms with E-state index in [9.17, 15) is 13.2 Å². The fourth-order valence-electron chi connectivity index (χ4n) is 2.22. The quantitative estimate of drug-likeness (QED) is 0.218. The first kappa shape index (κ1) is 21.2. The number of alkyl halides is 4. The Morgan fingerprint density at radius 2 is 1.56 bits per heavy atom. The maximum Gasteiger partial charge on any atom is 0.573 e.